The third-order valence-electron chi connectivity index (χ3n) is 5.29. The Labute approximate surface area is 188 Å². The van der Waals surface area contributed by atoms with E-state index >= 15 is 0 Å². The number of carbonyl (C=O) groups is 2. The predicted octanol–water partition coefficient (Wildman–Crippen LogP) is 0.796. The van der Waals surface area contributed by atoms with Crippen LogP contribution in [0, 0.1) is 5.92 Å². The quantitative estimate of drug-likeness (QED) is 0.361. The summed E-state index contributed by atoms with van der Waals surface area (Å²) < 4.78 is 5.67. The molecule has 2 aromatic carbocycles. The van der Waals surface area contributed by atoms with Crippen LogP contribution in [-0.4, -0.2) is 55.5 Å². The Morgan fingerprint density at radius 2 is 1.72 bits per heavy atom. The third-order valence-corrected chi connectivity index (χ3v) is 5.29. The zero-order valence-corrected chi connectivity index (χ0v) is 18.9. The lowest BCUT2D eigenvalue weighted by molar-refractivity contribution is -0.857. The minimum atomic E-state index is -0.792. The van der Waals surface area contributed by atoms with Gasteiger partial charge in [-0.2, -0.15) is 0 Å². The highest BCUT2D eigenvalue weighted by molar-refractivity contribution is 6.46. The number of hydrogen-bond acceptors (Lipinski definition) is 5. The first-order valence-electron chi connectivity index (χ1n) is 10.8. The molecule has 1 aliphatic heterocycles. The van der Waals surface area contributed by atoms with E-state index in [1.807, 2.05) is 27.9 Å². The van der Waals surface area contributed by atoms with Crippen LogP contribution >= 0.6 is 0 Å². The number of carbonyl (C=O) groups excluding carboxylic acids is 2. The first-order chi connectivity index (χ1) is 15.2. The van der Waals surface area contributed by atoms with E-state index < -0.39 is 23.5 Å². The number of ether oxygens (including phenoxy) is 1. The molecule has 0 saturated carbocycles. The minimum Gasteiger partial charge on any atom is -0.872 e. The second kappa shape index (κ2) is 9.87. The molecule has 1 unspecified atom stereocenters. The van der Waals surface area contributed by atoms with Crippen LogP contribution in [0.1, 0.15) is 31.0 Å². The summed E-state index contributed by atoms with van der Waals surface area (Å²) >= 11 is 0. The minimum absolute atomic E-state index is 0.0645. The molecule has 1 amide bonds. The number of amides is 1. The fourth-order valence-corrected chi connectivity index (χ4v) is 3.57. The molecule has 7 heteroatoms. The molecule has 32 heavy (non-hydrogen) atoms. The summed E-state index contributed by atoms with van der Waals surface area (Å²) in [4.78, 5) is 28.4. The van der Waals surface area contributed by atoms with Crippen molar-refractivity contribution in [3.05, 3.63) is 65.2 Å². The maximum absolute atomic E-state index is 13.4. The number of likely N-dealkylation sites (tertiary alicyclic amines) is 1. The Balaban J connectivity index is 2.02. The Hall–Kier alpha value is -3.32. The van der Waals surface area contributed by atoms with Crippen molar-refractivity contribution in [1.29, 1.82) is 0 Å². The topological polar surface area (TPSA) is 94.3 Å². The van der Waals surface area contributed by atoms with Crippen LogP contribution in [0.4, 0.5) is 0 Å². The average Bonchev–Trinajstić information content (AvgIpc) is 3.01. The van der Waals surface area contributed by atoms with E-state index in [0.717, 1.165) is 4.90 Å². The number of likely N-dealkylation sites (N-methyl/N-ethyl adjacent to an activating group) is 1. The van der Waals surface area contributed by atoms with Crippen LogP contribution in [-0.2, 0) is 9.59 Å². The van der Waals surface area contributed by atoms with Gasteiger partial charge in [-0.3, -0.25) is 9.59 Å². The van der Waals surface area contributed by atoms with E-state index in [9.17, 15) is 19.8 Å². The molecule has 0 spiro atoms. The number of ketones is 1. The number of hydrogen-bond donors (Lipinski definition) is 2. The van der Waals surface area contributed by atoms with Gasteiger partial charge in [0.05, 0.1) is 39.8 Å². The van der Waals surface area contributed by atoms with E-state index in [4.69, 9.17) is 4.74 Å². The number of nitrogens with one attached hydrogen (secondary N) is 1. The van der Waals surface area contributed by atoms with Crippen molar-refractivity contribution in [2.75, 3.05) is 33.8 Å². The summed E-state index contributed by atoms with van der Waals surface area (Å²) in [6.45, 7) is 5.60. The van der Waals surface area contributed by atoms with Gasteiger partial charge in [0.2, 0.25) is 5.78 Å². The second-order valence-electron chi connectivity index (χ2n) is 8.75. The molecule has 3 rings (SSSR count). The Morgan fingerprint density at radius 3 is 2.28 bits per heavy atom. The van der Waals surface area contributed by atoms with Gasteiger partial charge in [0.15, 0.2) is 0 Å². The van der Waals surface area contributed by atoms with E-state index in [1.54, 1.807) is 36.4 Å². The summed E-state index contributed by atoms with van der Waals surface area (Å²) in [7, 11) is 3.91. The monoisotopic (exact) mass is 438 g/mol. The van der Waals surface area contributed by atoms with Crippen molar-refractivity contribution in [3.63, 3.8) is 0 Å². The number of phenolic OH excluding ortho intramolecular Hbond substituents is 1. The van der Waals surface area contributed by atoms with Crippen LogP contribution < -0.4 is 14.7 Å². The summed E-state index contributed by atoms with van der Waals surface area (Å²) in [6.07, 6.45) is 0. The third kappa shape index (κ3) is 5.11. The standard InChI is InChI=1S/C25H30N2O5/c1-16(2)15-32-20-11-7-18(8-12-20)23(29)21-22(17-5-9-19(28)10-6-17)27(14-13-26(3)4)25(31)24(21)30/h5-12,16,22,28-29H,13-15H2,1-4H3. The van der Waals surface area contributed by atoms with Gasteiger partial charge in [-0.25, -0.2) is 0 Å². The molecule has 1 atom stereocenters. The molecule has 0 radical (unpaired) electrons. The predicted molar refractivity (Wildman–Crippen MR) is 119 cm³/mol. The largest absolute Gasteiger partial charge is 0.872 e. The molecule has 2 N–H and O–H groups in total. The van der Waals surface area contributed by atoms with E-state index in [-0.39, 0.29) is 11.3 Å². The Bertz CT molecular complexity index is 994. The van der Waals surface area contributed by atoms with Gasteiger partial charge in [-0.05, 0) is 41.3 Å². The summed E-state index contributed by atoms with van der Waals surface area (Å²) in [5.74, 6) is -0.851. The lowest BCUT2D eigenvalue weighted by Crippen LogP contribution is -3.06. The highest BCUT2D eigenvalue weighted by Crippen LogP contribution is 2.38. The summed E-state index contributed by atoms with van der Waals surface area (Å²) in [5, 5.41) is 23.0. The Kier molecular flexibility index (Phi) is 7.20. The van der Waals surface area contributed by atoms with Crippen LogP contribution in [0.15, 0.2) is 54.1 Å². The number of Topliss-reactive ketones (excluding diaryl/α,β-unsaturated/α-hetero) is 1. The van der Waals surface area contributed by atoms with Gasteiger partial charge in [0, 0.05) is 5.57 Å². The van der Waals surface area contributed by atoms with E-state index in [0.29, 0.717) is 42.5 Å². The van der Waals surface area contributed by atoms with E-state index in [1.165, 1.54) is 17.0 Å². The van der Waals surface area contributed by atoms with E-state index in [2.05, 4.69) is 0 Å². The van der Waals surface area contributed by atoms with Gasteiger partial charge in [-0.1, -0.05) is 43.9 Å². The van der Waals surface area contributed by atoms with Gasteiger partial charge >= 0.3 is 0 Å². The molecule has 1 saturated heterocycles. The SMILES string of the molecule is CC(C)COc1ccc(C([O-])=C2C(=O)C(=O)N(CC[NH+](C)C)C2c2ccc(O)cc2)cc1. The van der Waals surface area contributed by atoms with Crippen LogP contribution in [0.25, 0.3) is 5.76 Å². The summed E-state index contributed by atoms with van der Waals surface area (Å²) in [5.41, 5.74) is 0.864. The maximum atomic E-state index is 13.4. The highest BCUT2D eigenvalue weighted by atomic mass is 16.5. The van der Waals surface area contributed by atoms with Gasteiger partial charge < -0.3 is 24.7 Å². The highest BCUT2D eigenvalue weighted by Gasteiger charge is 2.44. The molecule has 1 fully saturated rings. The van der Waals surface area contributed by atoms with Crippen molar-refractivity contribution in [1.82, 2.24) is 4.90 Å². The number of nitrogens with zero attached hydrogens (tertiary/aromatic N) is 1. The maximum Gasteiger partial charge on any atom is 0.295 e. The molecular formula is C25H30N2O5. The molecule has 1 heterocycles. The lowest BCUT2D eigenvalue weighted by atomic mass is 9.95. The lowest BCUT2D eigenvalue weighted by Gasteiger charge is -2.27. The molecule has 0 bridgehead atoms. The molecule has 1 aliphatic rings. The van der Waals surface area contributed by atoms with Crippen molar-refractivity contribution >= 4 is 17.4 Å². The number of quaternary nitrogens is 1. The number of rotatable bonds is 8. The molecular weight excluding hydrogens is 408 g/mol. The van der Waals surface area contributed by atoms with Gasteiger partial charge in [0.25, 0.3) is 5.91 Å². The molecule has 2 aromatic rings. The fourth-order valence-electron chi connectivity index (χ4n) is 3.57. The molecule has 7 nitrogen and oxygen atoms in total. The number of aromatic hydroxyl groups is 1. The van der Waals surface area contributed by atoms with Crippen molar-refractivity contribution in [2.24, 2.45) is 5.92 Å². The van der Waals surface area contributed by atoms with Gasteiger partial charge in [0.1, 0.15) is 11.5 Å². The normalized spacial score (nSPS) is 18.1. The fraction of sp³-hybridized carbons (Fsp3) is 0.360. The Morgan fingerprint density at radius 1 is 1.09 bits per heavy atom. The van der Waals surface area contributed by atoms with Crippen molar-refractivity contribution < 1.29 is 29.4 Å². The first-order valence-corrected chi connectivity index (χ1v) is 10.8. The van der Waals surface area contributed by atoms with Crippen molar-refractivity contribution in [3.8, 4) is 11.5 Å². The molecule has 170 valence electrons. The van der Waals surface area contributed by atoms with Crippen molar-refractivity contribution in [2.45, 2.75) is 19.9 Å². The van der Waals surface area contributed by atoms with Gasteiger partial charge in [-0.15, -0.1) is 0 Å². The van der Waals surface area contributed by atoms with Crippen LogP contribution in [0.3, 0.4) is 0 Å². The zero-order valence-electron chi connectivity index (χ0n) is 18.9. The number of phenols is 1. The number of benzene rings is 2. The second-order valence-corrected chi connectivity index (χ2v) is 8.75. The summed E-state index contributed by atoms with van der Waals surface area (Å²) in [6, 6.07) is 12.1. The van der Waals surface area contributed by atoms with Crippen LogP contribution in [0.5, 0.6) is 11.5 Å². The average molecular weight is 439 g/mol. The van der Waals surface area contributed by atoms with Crippen LogP contribution in [0.2, 0.25) is 0 Å². The zero-order chi connectivity index (χ0) is 23.4. The molecule has 0 aliphatic carbocycles. The molecule has 0 aromatic heterocycles. The first kappa shape index (κ1) is 23.3. The smallest absolute Gasteiger partial charge is 0.295 e.